The largest absolute Gasteiger partial charge is 0.370 e. The van der Waals surface area contributed by atoms with Gasteiger partial charge in [0.2, 0.25) is 0 Å². The fourth-order valence-corrected chi connectivity index (χ4v) is 4.25. The molecule has 1 atom stereocenters. The van der Waals surface area contributed by atoms with E-state index in [2.05, 4.69) is 0 Å². The fraction of sp³-hybridized carbons (Fsp3) is 0.500. The first-order valence-corrected chi connectivity index (χ1v) is 7.96. The Balaban J connectivity index is 2.23. The number of halogens is 1. The molecule has 2 rings (SSSR count). The van der Waals surface area contributed by atoms with Gasteiger partial charge < -0.3 is 4.90 Å². The van der Waals surface area contributed by atoms with Crippen LogP contribution in [-0.4, -0.2) is 33.0 Å². The van der Waals surface area contributed by atoms with E-state index < -0.39 is 9.84 Å². The highest BCUT2D eigenvalue weighted by molar-refractivity contribution is 7.91. The molecule has 1 heterocycles. The molecule has 0 N–H and O–H groups in total. The summed E-state index contributed by atoms with van der Waals surface area (Å²) >= 11 is 5.89. The summed E-state index contributed by atoms with van der Waals surface area (Å²) in [5.41, 5.74) is 2.07. The quantitative estimate of drug-likeness (QED) is 0.791. The van der Waals surface area contributed by atoms with Gasteiger partial charge in [-0.3, -0.25) is 0 Å². The van der Waals surface area contributed by atoms with Crippen molar-refractivity contribution in [2.75, 3.05) is 23.5 Å². The lowest BCUT2D eigenvalue weighted by Crippen LogP contribution is -2.33. The highest BCUT2D eigenvalue weighted by Crippen LogP contribution is 2.26. The molecule has 1 aliphatic rings. The van der Waals surface area contributed by atoms with E-state index in [4.69, 9.17) is 11.6 Å². The molecule has 94 valence electrons. The van der Waals surface area contributed by atoms with Crippen molar-refractivity contribution in [1.29, 1.82) is 0 Å². The molecule has 1 fully saturated rings. The number of benzene rings is 1. The molecular weight excluding hydrogens is 258 g/mol. The normalized spacial score (nSPS) is 22.6. The van der Waals surface area contributed by atoms with Crippen LogP contribution in [0.3, 0.4) is 0 Å². The van der Waals surface area contributed by atoms with E-state index in [1.165, 1.54) is 0 Å². The third-order valence-corrected chi connectivity index (χ3v) is 5.31. The molecule has 0 aromatic heterocycles. The number of rotatable bonds is 3. The van der Waals surface area contributed by atoms with Crippen LogP contribution in [0, 0.1) is 0 Å². The van der Waals surface area contributed by atoms with Crippen LogP contribution in [0.15, 0.2) is 24.3 Å². The van der Waals surface area contributed by atoms with Gasteiger partial charge in [-0.1, -0.05) is 18.2 Å². The average molecular weight is 274 g/mol. The Hall–Kier alpha value is -0.740. The molecule has 1 unspecified atom stereocenters. The van der Waals surface area contributed by atoms with E-state index in [1.54, 1.807) is 0 Å². The van der Waals surface area contributed by atoms with E-state index in [-0.39, 0.29) is 11.8 Å². The van der Waals surface area contributed by atoms with Crippen molar-refractivity contribution in [1.82, 2.24) is 0 Å². The van der Waals surface area contributed by atoms with Gasteiger partial charge in [0, 0.05) is 24.7 Å². The van der Waals surface area contributed by atoms with E-state index >= 15 is 0 Å². The smallest absolute Gasteiger partial charge is 0.152 e. The van der Waals surface area contributed by atoms with Gasteiger partial charge in [-0.15, -0.1) is 11.6 Å². The van der Waals surface area contributed by atoms with Gasteiger partial charge in [0.05, 0.1) is 11.5 Å². The summed E-state index contributed by atoms with van der Waals surface area (Å²) in [6.07, 6.45) is 0.704. The number of alkyl halides is 1. The number of para-hydroxylation sites is 1. The number of hydrogen-bond donors (Lipinski definition) is 0. The van der Waals surface area contributed by atoms with Crippen molar-refractivity contribution >= 4 is 27.1 Å². The molecule has 0 spiro atoms. The molecule has 0 bridgehead atoms. The first-order valence-electron chi connectivity index (χ1n) is 5.60. The van der Waals surface area contributed by atoms with Crippen LogP contribution in [-0.2, 0) is 15.7 Å². The van der Waals surface area contributed by atoms with E-state index in [1.807, 2.05) is 36.2 Å². The van der Waals surface area contributed by atoms with Crippen molar-refractivity contribution < 1.29 is 8.42 Å². The van der Waals surface area contributed by atoms with Gasteiger partial charge in [0.1, 0.15) is 0 Å². The lowest BCUT2D eigenvalue weighted by molar-refractivity contribution is 0.601. The van der Waals surface area contributed by atoms with Gasteiger partial charge in [-0.25, -0.2) is 8.42 Å². The SMILES string of the molecule is CN(c1ccccc1CCl)C1CCS(=O)(=O)C1. The van der Waals surface area contributed by atoms with Crippen LogP contribution in [0.5, 0.6) is 0 Å². The number of nitrogens with zero attached hydrogens (tertiary/aromatic N) is 1. The minimum absolute atomic E-state index is 0.0735. The Morgan fingerprint density at radius 3 is 2.71 bits per heavy atom. The van der Waals surface area contributed by atoms with Gasteiger partial charge in [-0.2, -0.15) is 0 Å². The van der Waals surface area contributed by atoms with Crippen LogP contribution in [0.25, 0.3) is 0 Å². The molecule has 1 aromatic rings. The molecule has 0 aliphatic carbocycles. The molecule has 17 heavy (non-hydrogen) atoms. The van der Waals surface area contributed by atoms with Crippen molar-refractivity contribution in [2.45, 2.75) is 18.3 Å². The van der Waals surface area contributed by atoms with Gasteiger partial charge in [-0.05, 0) is 18.1 Å². The van der Waals surface area contributed by atoms with E-state index in [0.717, 1.165) is 11.3 Å². The number of anilines is 1. The first-order chi connectivity index (χ1) is 8.03. The van der Waals surface area contributed by atoms with Gasteiger partial charge in [0.25, 0.3) is 0 Å². The number of sulfone groups is 1. The Morgan fingerprint density at radius 2 is 2.12 bits per heavy atom. The molecule has 0 saturated carbocycles. The highest BCUT2D eigenvalue weighted by atomic mass is 35.5. The minimum Gasteiger partial charge on any atom is -0.370 e. The number of hydrogen-bond acceptors (Lipinski definition) is 3. The lowest BCUT2D eigenvalue weighted by Gasteiger charge is -2.27. The minimum atomic E-state index is -2.84. The molecule has 1 aliphatic heterocycles. The average Bonchev–Trinajstić information content (AvgIpc) is 2.68. The predicted molar refractivity (Wildman–Crippen MR) is 71.5 cm³/mol. The third kappa shape index (κ3) is 2.75. The van der Waals surface area contributed by atoms with Crippen molar-refractivity contribution in [3.63, 3.8) is 0 Å². The molecule has 0 radical (unpaired) electrons. The second kappa shape index (κ2) is 4.86. The zero-order valence-corrected chi connectivity index (χ0v) is 11.3. The van der Waals surface area contributed by atoms with E-state index in [0.29, 0.717) is 18.1 Å². The summed E-state index contributed by atoms with van der Waals surface area (Å²) in [5.74, 6) is 0.991. The molecule has 1 aromatic carbocycles. The van der Waals surface area contributed by atoms with Gasteiger partial charge >= 0.3 is 0 Å². The van der Waals surface area contributed by atoms with Crippen LogP contribution in [0.4, 0.5) is 5.69 Å². The Bertz CT molecular complexity index is 501. The molecule has 5 heteroatoms. The molecular formula is C12H16ClNO2S. The Morgan fingerprint density at radius 1 is 1.41 bits per heavy atom. The lowest BCUT2D eigenvalue weighted by atomic mass is 10.1. The maximum atomic E-state index is 11.5. The summed E-state index contributed by atoms with van der Waals surface area (Å²) in [5, 5.41) is 0. The zero-order chi connectivity index (χ0) is 12.5. The molecule has 1 saturated heterocycles. The van der Waals surface area contributed by atoms with Crippen LogP contribution < -0.4 is 4.90 Å². The predicted octanol–water partition coefficient (Wildman–Crippen LogP) is 2.05. The topological polar surface area (TPSA) is 37.4 Å². The summed E-state index contributed by atoms with van der Waals surface area (Å²) < 4.78 is 23.0. The maximum absolute atomic E-state index is 11.5. The fourth-order valence-electron chi connectivity index (χ4n) is 2.25. The second-order valence-corrected chi connectivity index (χ2v) is 6.93. The van der Waals surface area contributed by atoms with Crippen molar-refractivity contribution in [3.8, 4) is 0 Å². The summed E-state index contributed by atoms with van der Waals surface area (Å²) in [7, 11) is -0.901. The Labute approximate surface area is 107 Å². The van der Waals surface area contributed by atoms with Crippen LogP contribution >= 0.6 is 11.6 Å². The maximum Gasteiger partial charge on any atom is 0.152 e. The summed E-state index contributed by atoms with van der Waals surface area (Å²) in [6, 6.07) is 7.93. The van der Waals surface area contributed by atoms with Crippen LogP contribution in [0.2, 0.25) is 0 Å². The zero-order valence-electron chi connectivity index (χ0n) is 9.77. The van der Waals surface area contributed by atoms with E-state index in [9.17, 15) is 8.42 Å². The standard InChI is InChI=1S/C12H16ClNO2S/c1-14(11-6-7-17(15,16)9-11)12-5-3-2-4-10(12)8-13/h2-5,11H,6-9H2,1H3. The summed E-state index contributed by atoms with van der Waals surface area (Å²) in [4.78, 5) is 2.04. The molecule has 3 nitrogen and oxygen atoms in total. The third-order valence-electron chi connectivity index (χ3n) is 3.27. The first kappa shape index (κ1) is 12.7. The Kier molecular flexibility index (Phi) is 3.64. The van der Waals surface area contributed by atoms with Crippen molar-refractivity contribution in [3.05, 3.63) is 29.8 Å². The second-order valence-electron chi connectivity index (χ2n) is 4.43. The molecule has 0 amide bonds. The summed E-state index contributed by atoms with van der Waals surface area (Å²) in [6.45, 7) is 0. The highest BCUT2D eigenvalue weighted by Gasteiger charge is 2.31. The van der Waals surface area contributed by atoms with Crippen molar-refractivity contribution in [2.24, 2.45) is 0 Å². The monoisotopic (exact) mass is 273 g/mol. The van der Waals surface area contributed by atoms with Gasteiger partial charge in [0.15, 0.2) is 9.84 Å². The van der Waals surface area contributed by atoms with Crippen LogP contribution in [0.1, 0.15) is 12.0 Å².